The Morgan fingerprint density at radius 3 is 2.05 bits per heavy atom. The predicted molar refractivity (Wildman–Crippen MR) is 150 cm³/mol. The van der Waals surface area contributed by atoms with Gasteiger partial charge < -0.3 is 5.32 Å². The van der Waals surface area contributed by atoms with E-state index in [1.807, 2.05) is 0 Å². The summed E-state index contributed by atoms with van der Waals surface area (Å²) in [4.78, 5) is 20.7. The van der Waals surface area contributed by atoms with E-state index in [2.05, 4.69) is 24.7 Å². The molecular weight excluding hydrogens is 562 g/mol. The summed E-state index contributed by atoms with van der Waals surface area (Å²) in [6, 6.07) is 17.9. The number of amides is 1. The Balaban J connectivity index is 1.51. The van der Waals surface area contributed by atoms with Crippen LogP contribution >= 0.6 is 11.6 Å². The third kappa shape index (κ3) is 6.72. The van der Waals surface area contributed by atoms with Gasteiger partial charge >= 0.3 is 0 Å². The first-order valence-electron chi connectivity index (χ1n) is 11.5. The van der Waals surface area contributed by atoms with E-state index in [1.54, 1.807) is 51.1 Å². The molecule has 0 aliphatic rings. The first-order valence-corrected chi connectivity index (χ1v) is 14.8. The Kier molecular flexibility index (Phi) is 7.91. The zero-order chi connectivity index (χ0) is 28.4. The van der Waals surface area contributed by atoms with Crippen molar-refractivity contribution in [3.05, 3.63) is 100 Å². The van der Waals surface area contributed by atoms with E-state index in [1.165, 1.54) is 42.5 Å². The molecule has 0 spiro atoms. The monoisotopic (exact) mass is 585 g/mol. The van der Waals surface area contributed by atoms with Gasteiger partial charge in [0.2, 0.25) is 5.95 Å². The van der Waals surface area contributed by atoms with Crippen molar-refractivity contribution >= 4 is 54.9 Å². The fourth-order valence-electron chi connectivity index (χ4n) is 3.61. The van der Waals surface area contributed by atoms with Crippen molar-refractivity contribution < 1.29 is 21.6 Å². The van der Waals surface area contributed by atoms with Gasteiger partial charge in [0, 0.05) is 22.6 Å². The average Bonchev–Trinajstić information content (AvgIpc) is 2.85. The second-order valence-electron chi connectivity index (χ2n) is 8.62. The highest BCUT2D eigenvalue weighted by molar-refractivity contribution is 7.93. The molecule has 1 heterocycles. The number of rotatable bonds is 8. The molecular formula is C26H24ClN5O5S2. The van der Waals surface area contributed by atoms with Crippen molar-refractivity contribution in [1.82, 2.24) is 9.97 Å². The highest BCUT2D eigenvalue weighted by atomic mass is 35.5. The Morgan fingerprint density at radius 1 is 0.769 bits per heavy atom. The van der Waals surface area contributed by atoms with Crippen LogP contribution in [0.2, 0.25) is 5.02 Å². The van der Waals surface area contributed by atoms with Crippen molar-refractivity contribution in [2.24, 2.45) is 0 Å². The maximum Gasteiger partial charge on any atom is 0.264 e. The van der Waals surface area contributed by atoms with Crippen LogP contribution in [0.25, 0.3) is 0 Å². The standard InChI is InChI=1S/C26H24ClN5O5S2/c1-16-6-4-5-7-23(16)31-39(36,37)24-15-19(8-13-22(24)27)25(33)30-20-9-11-21(12-10-20)38(34,35)32-26-28-17(2)14-18(3)29-26/h4-15,31H,1-3H3,(H,30,33)(H,28,29,32). The van der Waals surface area contributed by atoms with E-state index in [4.69, 9.17) is 11.6 Å². The van der Waals surface area contributed by atoms with Crippen LogP contribution in [-0.4, -0.2) is 32.7 Å². The van der Waals surface area contributed by atoms with Gasteiger partial charge in [0.1, 0.15) is 4.90 Å². The molecule has 0 saturated carbocycles. The summed E-state index contributed by atoms with van der Waals surface area (Å²) in [5.41, 5.74) is 2.66. The average molecular weight is 586 g/mol. The minimum atomic E-state index is -4.09. The molecule has 1 amide bonds. The topological polar surface area (TPSA) is 147 Å². The van der Waals surface area contributed by atoms with Crippen LogP contribution in [0.1, 0.15) is 27.3 Å². The number of carbonyl (C=O) groups is 1. The number of aryl methyl sites for hydroxylation is 3. The molecule has 4 aromatic rings. The smallest absolute Gasteiger partial charge is 0.264 e. The van der Waals surface area contributed by atoms with Gasteiger partial charge in [0.15, 0.2) is 0 Å². The van der Waals surface area contributed by atoms with Gasteiger partial charge in [0.25, 0.3) is 26.0 Å². The number of halogens is 1. The highest BCUT2D eigenvalue weighted by Gasteiger charge is 2.22. The number of benzene rings is 3. The summed E-state index contributed by atoms with van der Waals surface area (Å²) < 4.78 is 56.3. The number of hydrogen-bond acceptors (Lipinski definition) is 7. The van der Waals surface area contributed by atoms with E-state index < -0.39 is 26.0 Å². The first kappa shape index (κ1) is 28.0. The molecule has 0 saturated heterocycles. The second-order valence-corrected chi connectivity index (χ2v) is 12.4. The molecule has 4 rings (SSSR count). The molecule has 3 aromatic carbocycles. The fraction of sp³-hybridized carbons (Fsp3) is 0.115. The molecule has 202 valence electrons. The number of nitrogens with one attached hydrogen (secondary N) is 3. The Bertz CT molecular complexity index is 1760. The molecule has 0 atom stereocenters. The number of hydrogen-bond donors (Lipinski definition) is 3. The molecule has 0 aliphatic heterocycles. The first-order chi connectivity index (χ1) is 18.3. The van der Waals surface area contributed by atoms with Gasteiger partial charge in [-0.25, -0.2) is 31.5 Å². The Morgan fingerprint density at radius 2 is 1.41 bits per heavy atom. The van der Waals surface area contributed by atoms with Crippen LogP contribution < -0.4 is 14.8 Å². The lowest BCUT2D eigenvalue weighted by Gasteiger charge is -2.13. The van der Waals surface area contributed by atoms with E-state index in [-0.39, 0.29) is 26.3 Å². The summed E-state index contributed by atoms with van der Waals surface area (Å²) in [6.07, 6.45) is 0. The van der Waals surface area contributed by atoms with E-state index >= 15 is 0 Å². The normalized spacial score (nSPS) is 11.6. The van der Waals surface area contributed by atoms with Crippen LogP contribution in [0.15, 0.2) is 82.6 Å². The van der Waals surface area contributed by atoms with Gasteiger partial charge in [-0.3, -0.25) is 9.52 Å². The van der Waals surface area contributed by atoms with E-state index in [0.29, 0.717) is 28.3 Å². The molecule has 0 fully saturated rings. The minimum absolute atomic E-state index is 0.0369. The summed E-state index contributed by atoms with van der Waals surface area (Å²) in [7, 11) is -8.07. The third-order valence-corrected chi connectivity index (χ3v) is 8.69. The van der Waals surface area contributed by atoms with Crippen LogP contribution in [-0.2, 0) is 20.0 Å². The van der Waals surface area contributed by atoms with Gasteiger partial charge in [-0.15, -0.1) is 0 Å². The molecule has 0 radical (unpaired) electrons. The maximum atomic E-state index is 13.0. The number of sulfonamides is 2. The molecule has 39 heavy (non-hydrogen) atoms. The highest BCUT2D eigenvalue weighted by Crippen LogP contribution is 2.27. The molecule has 0 bridgehead atoms. The lowest BCUT2D eigenvalue weighted by atomic mass is 10.2. The van der Waals surface area contributed by atoms with Crippen molar-refractivity contribution in [2.45, 2.75) is 30.6 Å². The Labute approximate surface area is 231 Å². The molecule has 3 N–H and O–H groups in total. The Hall–Kier alpha value is -4.00. The minimum Gasteiger partial charge on any atom is -0.322 e. The van der Waals surface area contributed by atoms with Gasteiger partial charge in [-0.05, 0) is 80.9 Å². The van der Waals surface area contributed by atoms with Crippen molar-refractivity contribution in [3.63, 3.8) is 0 Å². The van der Waals surface area contributed by atoms with Crippen LogP contribution in [0.3, 0.4) is 0 Å². The summed E-state index contributed by atoms with van der Waals surface area (Å²) in [6.45, 7) is 5.21. The fourth-order valence-corrected chi connectivity index (χ4v) is 6.21. The van der Waals surface area contributed by atoms with Crippen LogP contribution in [0.4, 0.5) is 17.3 Å². The van der Waals surface area contributed by atoms with E-state index in [0.717, 1.165) is 0 Å². The number of carbonyl (C=O) groups excluding carboxylic acids is 1. The number of aromatic nitrogens is 2. The summed E-state index contributed by atoms with van der Waals surface area (Å²) >= 11 is 6.16. The lowest BCUT2D eigenvalue weighted by Crippen LogP contribution is -2.17. The lowest BCUT2D eigenvalue weighted by molar-refractivity contribution is 0.102. The molecule has 1 aromatic heterocycles. The van der Waals surface area contributed by atoms with Crippen LogP contribution in [0.5, 0.6) is 0 Å². The zero-order valence-electron chi connectivity index (χ0n) is 21.1. The SMILES string of the molecule is Cc1cc(C)nc(NS(=O)(=O)c2ccc(NC(=O)c3ccc(Cl)c(S(=O)(=O)Nc4ccccc4C)c3)cc2)n1. The molecule has 10 nitrogen and oxygen atoms in total. The summed E-state index contributed by atoms with van der Waals surface area (Å²) in [5.74, 6) is -0.660. The second kappa shape index (κ2) is 11.0. The zero-order valence-corrected chi connectivity index (χ0v) is 23.4. The maximum absolute atomic E-state index is 13.0. The van der Waals surface area contributed by atoms with Gasteiger partial charge in [-0.1, -0.05) is 29.8 Å². The van der Waals surface area contributed by atoms with Crippen molar-refractivity contribution in [3.8, 4) is 0 Å². The van der Waals surface area contributed by atoms with Gasteiger partial charge in [0.05, 0.1) is 15.6 Å². The van der Waals surface area contributed by atoms with Crippen molar-refractivity contribution in [2.75, 3.05) is 14.8 Å². The largest absolute Gasteiger partial charge is 0.322 e. The third-order valence-electron chi connectivity index (χ3n) is 5.50. The number of anilines is 3. The molecule has 13 heteroatoms. The van der Waals surface area contributed by atoms with Crippen LogP contribution in [0, 0.1) is 20.8 Å². The van der Waals surface area contributed by atoms with E-state index in [9.17, 15) is 21.6 Å². The predicted octanol–water partition coefficient (Wildman–Crippen LogP) is 4.91. The quantitative estimate of drug-likeness (QED) is 0.266. The summed E-state index contributed by atoms with van der Waals surface area (Å²) in [5, 5.41) is 2.57. The molecule has 0 unspecified atom stereocenters. The van der Waals surface area contributed by atoms with Gasteiger partial charge in [-0.2, -0.15) is 0 Å². The number of nitrogens with zero attached hydrogens (tertiary/aromatic N) is 2. The van der Waals surface area contributed by atoms with Crippen molar-refractivity contribution in [1.29, 1.82) is 0 Å². The molecule has 0 aliphatic carbocycles. The number of para-hydroxylation sites is 1.